The van der Waals surface area contributed by atoms with Crippen LogP contribution < -0.4 is 10.6 Å². The van der Waals surface area contributed by atoms with Gasteiger partial charge >= 0.3 is 12.2 Å². The maximum atomic E-state index is 13.1. The lowest BCUT2D eigenvalue weighted by atomic mass is 10.1. The van der Waals surface area contributed by atoms with Gasteiger partial charge in [-0.15, -0.1) is 0 Å². The molecule has 1 aliphatic heterocycles. The second-order valence-corrected chi connectivity index (χ2v) is 5.87. The SMILES string of the molecule is CC(C)n1cc(NC(=O)NC(CC2CCCO2)C(F)(F)F)cn1. The summed E-state index contributed by atoms with van der Waals surface area (Å²) in [5.74, 6) is 0. The minimum absolute atomic E-state index is 0.0936. The third-order valence-electron chi connectivity index (χ3n) is 3.61. The summed E-state index contributed by atoms with van der Waals surface area (Å²) in [6.45, 7) is 4.27. The molecule has 1 aromatic rings. The maximum absolute atomic E-state index is 13.1. The lowest BCUT2D eigenvalue weighted by Gasteiger charge is -2.24. The normalized spacial score (nSPS) is 19.8. The summed E-state index contributed by atoms with van der Waals surface area (Å²) in [6, 6.07) is -2.75. The van der Waals surface area contributed by atoms with Crippen LogP contribution in [0.2, 0.25) is 0 Å². The van der Waals surface area contributed by atoms with Crippen LogP contribution in [0.25, 0.3) is 0 Å². The van der Waals surface area contributed by atoms with Crippen molar-refractivity contribution >= 4 is 11.7 Å². The van der Waals surface area contributed by atoms with Crippen molar-refractivity contribution in [3.63, 3.8) is 0 Å². The fourth-order valence-electron chi connectivity index (χ4n) is 2.38. The Morgan fingerprint density at radius 2 is 2.26 bits per heavy atom. The number of rotatable bonds is 5. The molecule has 2 N–H and O–H groups in total. The molecule has 0 aromatic carbocycles. The number of anilines is 1. The molecule has 0 aliphatic carbocycles. The van der Waals surface area contributed by atoms with E-state index in [2.05, 4.69) is 10.4 Å². The van der Waals surface area contributed by atoms with Crippen LogP contribution in [-0.2, 0) is 4.74 Å². The third-order valence-corrected chi connectivity index (χ3v) is 3.61. The van der Waals surface area contributed by atoms with E-state index in [0.29, 0.717) is 18.7 Å². The molecule has 0 spiro atoms. The molecule has 9 heteroatoms. The summed E-state index contributed by atoms with van der Waals surface area (Å²) < 4.78 is 46.0. The summed E-state index contributed by atoms with van der Waals surface area (Å²) in [5, 5.41) is 8.36. The van der Waals surface area contributed by atoms with E-state index in [9.17, 15) is 18.0 Å². The summed E-state index contributed by atoms with van der Waals surface area (Å²) in [6.07, 6.45) is -0.985. The molecule has 6 nitrogen and oxygen atoms in total. The van der Waals surface area contributed by atoms with Gasteiger partial charge in [-0.05, 0) is 26.7 Å². The van der Waals surface area contributed by atoms with Crippen LogP contribution in [0.3, 0.4) is 0 Å². The van der Waals surface area contributed by atoms with Gasteiger partial charge in [-0.25, -0.2) is 4.79 Å². The highest BCUT2D eigenvalue weighted by Crippen LogP contribution is 2.27. The first-order chi connectivity index (χ1) is 10.8. The Hall–Kier alpha value is -1.77. The minimum Gasteiger partial charge on any atom is -0.378 e. The van der Waals surface area contributed by atoms with E-state index in [1.165, 1.54) is 6.20 Å². The van der Waals surface area contributed by atoms with E-state index in [-0.39, 0.29) is 12.5 Å². The van der Waals surface area contributed by atoms with E-state index < -0.39 is 24.4 Å². The summed E-state index contributed by atoms with van der Waals surface area (Å²) in [7, 11) is 0. The molecule has 2 amide bonds. The average molecular weight is 334 g/mol. The van der Waals surface area contributed by atoms with E-state index in [4.69, 9.17) is 4.74 Å². The molecular weight excluding hydrogens is 313 g/mol. The van der Waals surface area contributed by atoms with E-state index in [1.54, 1.807) is 10.9 Å². The Balaban J connectivity index is 1.93. The van der Waals surface area contributed by atoms with Crippen LogP contribution in [0.4, 0.5) is 23.7 Å². The molecule has 2 rings (SSSR count). The van der Waals surface area contributed by atoms with Gasteiger partial charge in [0.15, 0.2) is 0 Å². The van der Waals surface area contributed by atoms with Crippen molar-refractivity contribution in [2.45, 2.75) is 57.5 Å². The van der Waals surface area contributed by atoms with Crippen molar-refractivity contribution in [3.8, 4) is 0 Å². The predicted octanol–water partition coefficient (Wildman–Crippen LogP) is 3.09. The molecule has 1 fully saturated rings. The number of amides is 2. The first kappa shape index (κ1) is 17.6. The first-order valence-corrected chi connectivity index (χ1v) is 7.55. The number of carbonyl (C=O) groups is 1. The number of ether oxygens (including phenoxy) is 1. The Morgan fingerprint density at radius 1 is 1.52 bits per heavy atom. The highest BCUT2D eigenvalue weighted by atomic mass is 19.4. The topological polar surface area (TPSA) is 68.2 Å². The van der Waals surface area contributed by atoms with E-state index in [0.717, 1.165) is 6.42 Å². The standard InChI is InChI=1S/C14H21F3N4O2/c1-9(2)21-8-10(7-18-21)19-13(22)20-12(14(15,16)17)6-11-4-3-5-23-11/h7-9,11-12H,3-6H2,1-2H3,(H2,19,20,22). The van der Waals surface area contributed by atoms with Gasteiger partial charge in [0.25, 0.3) is 0 Å². The van der Waals surface area contributed by atoms with Crippen molar-refractivity contribution in [1.29, 1.82) is 0 Å². The molecule has 2 unspecified atom stereocenters. The van der Waals surface area contributed by atoms with E-state index >= 15 is 0 Å². The van der Waals surface area contributed by atoms with Gasteiger partial charge < -0.3 is 15.4 Å². The van der Waals surface area contributed by atoms with Crippen molar-refractivity contribution in [1.82, 2.24) is 15.1 Å². The van der Waals surface area contributed by atoms with Crippen LogP contribution in [0, 0.1) is 0 Å². The molecule has 130 valence electrons. The molecule has 23 heavy (non-hydrogen) atoms. The quantitative estimate of drug-likeness (QED) is 0.869. The number of halogens is 3. The van der Waals surface area contributed by atoms with Gasteiger partial charge in [-0.1, -0.05) is 0 Å². The van der Waals surface area contributed by atoms with Crippen LogP contribution >= 0.6 is 0 Å². The van der Waals surface area contributed by atoms with Crippen molar-refractivity contribution in [2.24, 2.45) is 0 Å². The van der Waals surface area contributed by atoms with Crippen LogP contribution in [0.15, 0.2) is 12.4 Å². The summed E-state index contributed by atoms with van der Waals surface area (Å²) >= 11 is 0. The zero-order chi connectivity index (χ0) is 17.0. The number of urea groups is 1. The molecule has 1 saturated heterocycles. The van der Waals surface area contributed by atoms with Gasteiger partial charge in [-0.2, -0.15) is 18.3 Å². The van der Waals surface area contributed by atoms with Crippen LogP contribution in [0.1, 0.15) is 39.2 Å². The van der Waals surface area contributed by atoms with Gasteiger partial charge in [0, 0.05) is 25.3 Å². The van der Waals surface area contributed by atoms with Gasteiger partial charge in [0.05, 0.1) is 18.0 Å². The summed E-state index contributed by atoms with van der Waals surface area (Å²) in [5.41, 5.74) is 0.342. The van der Waals surface area contributed by atoms with Crippen molar-refractivity contribution in [2.75, 3.05) is 11.9 Å². The number of alkyl halides is 3. The van der Waals surface area contributed by atoms with Crippen molar-refractivity contribution < 1.29 is 22.7 Å². The Morgan fingerprint density at radius 3 is 2.78 bits per heavy atom. The Labute approximate surface area is 132 Å². The number of nitrogens with zero attached hydrogens (tertiary/aromatic N) is 2. The Bertz CT molecular complexity index is 524. The Kier molecular flexibility index (Phi) is 5.51. The van der Waals surface area contributed by atoms with Crippen LogP contribution in [-0.4, -0.2) is 40.7 Å². The lowest BCUT2D eigenvalue weighted by Crippen LogP contribution is -2.48. The highest BCUT2D eigenvalue weighted by Gasteiger charge is 2.42. The minimum atomic E-state index is -4.52. The fraction of sp³-hybridized carbons (Fsp3) is 0.714. The predicted molar refractivity (Wildman–Crippen MR) is 78.2 cm³/mol. The van der Waals surface area contributed by atoms with Gasteiger partial charge in [-0.3, -0.25) is 4.68 Å². The largest absolute Gasteiger partial charge is 0.408 e. The van der Waals surface area contributed by atoms with Gasteiger partial charge in [0.1, 0.15) is 6.04 Å². The highest BCUT2D eigenvalue weighted by molar-refractivity contribution is 5.89. The molecule has 0 saturated carbocycles. The second kappa shape index (κ2) is 7.20. The fourth-order valence-corrected chi connectivity index (χ4v) is 2.38. The monoisotopic (exact) mass is 334 g/mol. The van der Waals surface area contributed by atoms with E-state index in [1.807, 2.05) is 19.2 Å². The maximum Gasteiger partial charge on any atom is 0.408 e. The number of hydrogen-bond donors (Lipinski definition) is 2. The first-order valence-electron chi connectivity index (χ1n) is 7.55. The average Bonchev–Trinajstić information content (AvgIpc) is 3.08. The molecule has 2 heterocycles. The third kappa shape index (κ3) is 5.12. The number of carbonyl (C=O) groups excluding carboxylic acids is 1. The molecule has 2 atom stereocenters. The number of aromatic nitrogens is 2. The number of hydrogen-bond acceptors (Lipinski definition) is 3. The smallest absolute Gasteiger partial charge is 0.378 e. The molecule has 0 radical (unpaired) electrons. The van der Waals surface area contributed by atoms with Crippen LogP contribution in [0.5, 0.6) is 0 Å². The number of nitrogens with one attached hydrogen (secondary N) is 2. The lowest BCUT2D eigenvalue weighted by molar-refractivity contribution is -0.159. The van der Waals surface area contributed by atoms with Crippen molar-refractivity contribution in [3.05, 3.63) is 12.4 Å². The summed E-state index contributed by atoms with van der Waals surface area (Å²) in [4.78, 5) is 11.8. The molecule has 1 aromatic heterocycles. The van der Waals surface area contributed by atoms with Gasteiger partial charge in [0.2, 0.25) is 0 Å². The second-order valence-electron chi connectivity index (χ2n) is 5.87. The molecular formula is C14H21F3N4O2. The molecule has 0 bridgehead atoms. The zero-order valence-electron chi connectivity index (χ0n) is 13.1. The molecule has 1 aliphatic rings. The zero-order valence-corrected chi connectivity index (χ0v) is 13.1.